The highest BCUT2D eigenvalue weighted by Gasteiger charge is 2.36. The molecule has 0 aromatic carbocycles. The minimum atomic E-state index is -0.537. The maximum absolute atomic E-state index is 11.7. The molecule has 0 radical (unpaired) electrons. The summed E-state index contributed by atoms with van der Waals surface area (Å²) in [6, 6.07) is 0. The lowest BCUT2D eigenvalue weighted by atomic mass is 9.93. The first-order chi connectivity index (χ1) is 8.22. The zero-order valence-electron chi connectivity index (χ0n) is 9.86. The van der Waals surface area contributed by atoms with Gasteiger partial charge in [-0.2, -0.15) is 0 Å². The first-order valence-corrected chi connectivity index (χ1v) is 5.63. The van der Waals surface area contributed by atoms with Gasteiger partial charge in [-0.25, -0.2) is 4.98 Å². The molecule has 0 atom stereocenters. The van der Waals surface area contributed by atoms with E-state index in [1.54, 1.807) is 7.11 Å². The summed E-state index contributed by atoms with van der Waals surface area (Å²) < 4.78 is 10.9. The van der Waals surface area contributed by atoms with E-state index in [1.165, 1.54) is 6.20 Å². The SMILES string of the molecule is COC1(c2ncc(CN)c(=O)[nH]2)CCOCC1. The van der Waals surface area contributed by atoms with Crippen LogP contribution in [0.3, 0.4) is 0 Å². The molecule has 0 spiro atoms. The fourth-order valence-electron chi connectivity index (χ4n) is 2.04. The van der Waals surface area contributed by atoms with E-state index in [2.05, 4.69) is 9.97 Å². The number of methoxy groups -OCH3 is 1. The summed E-state index contributed by atoms with van der Waals surface area (Å²) >= 11 is 0. The number of hydrogen-bond donors (Lipinski definition) is 2. The second-order valence-electron chi connectivity index (χ2n) is 4.10. The van der Waals surface area contributed by atoms with Gasteiger partial charge in [0.05, 0.1) is 0 Å². The number of hydrogen-bond acceptors (Lipinski definition) is 5. The van der Waals surface area contributed by atoms with Crippen LogP contribution < -0.4 is 11.3 Å². The van der Waals surface area contributed by atoms with Gasteiger partial charge in [-0.15, -0.1) is 0 Å². The maximum Gasteiger partial charge on any atom is 0.255 e. The van der Waals surface area contributed by atoms with Gasteiger partial charge >= 0.3 is 0 Å². The Kier molecular flexibility index (Phi) is 3.56. The third kappa shape index (κ3) is 2.24. The van der Waals surface area contributed by atoms with Gasteiger partial charge in [-0.05, 0) is 0 Å². The standard InChI is InChI=1S/C11H17N3O3/c1-16-11(2-4-17-5-3-11)10-13-7-8(6-12)9(15)14-10/h7H,2-6,12H2,1H3,(H,13,14,15). The third-order valence-corrected chi connectivity index (χ3v) is 3.22. The van der Waals surface area contributed by atoms with Crippen molar-refractivity contribution in [2.75, 3.05) is 20.3 Å². The van der Waals surface area contributed by atoms with Crippen LogP contribution in [-0.4, -0.2) is 30.3 Å². The van der Waals surface area contributed by atoms with E-state index in [1.807, 2.05) is 0 Å². The summed E-state index contributed by atoms with van der Waals surface area (Å²) in [7, 11) is 1.63. The number of aromatic nitrogens is 2. The minimum absolute atomic E-state index is 0.186. The summed E-state index contributed by atoms with van der Waals surface area (Å²) in [5, 5.41) is 0. The number of ether oxygens (including phenoxy) is 2. The summed E-state index contributed by atoms with van der Waals surface area (Å²) in [6.45, 7) is 1.40. The number of nitrogens with one attached hydrogen (secondary N) is 1. The van der Waals surface area contributed by atoms with Crippen LogP contribution in [0.1, 0.15) is 24.2 Å². The summed E-state index contributed by atoms with van der Waals surface area (Å²) in [5.74, 6) is 0.561. The largest absolute Gasteiger partial charge is 0.381 e. The number of aromatic amines is 1. The van der Waals surface area contributed by atoms with Crippen LogP contribution >= 0.6 is 0 Å². The smallest absolute Gasteiger partial charge is 0.255 e. The molecule has 3 N–H and O–H groups in total. The normalized spacial score (nSPS) is 19.2. The zero-order valence-corrected chi connectivity index (χ0v) is 9.86. The zero-order chi connectivity index (χ0) is 12.3. The molecule has 6 nitrogen and oxygen atoms in total. The molecule has 94 valence electrons. The molecule has 1 saturated heterocycles. The Balaban J connectivity index is 2.37. The Morgan fingerprint density at radius 2 is 2.29 bits per heavy atom. The molecule has 2 rings (SSSR count). The Morgan fingerprint density at radius 1 is 1.59 bits per heavy atom. The third-order valence-electron chi connectivity index (χ3n) is 3.22. The van der Waals surface area contributed by atoms with Gasteiger partial charge in [0.25, 0.3) is 5.56 Å². The van der Waals surface area contributed by atoms with Crippen LogP contribution in [0.15, 0.2) is 11.0 Å². The van der Waals surface area contributed by atoms with Crippen LogP contribution in [0.5, 0.6) is 0 Å². The van der Waals surface area contributed by atoms with Gasteiger partial charge in [-0.1, -0.05) is 0 Å². The Bertz CT molecular complexity index is 438. The second kappa shape index (κ2) is 4.95. The van der Waals surface area contributed by atoms with Crippen molar-refractivity contribution in [1.29, 1.82) is 0 Å². The van der Waals surface area contributed by atoms with E-state index in [0.29, 0.717) is 37.4 Å². The maximum atomic E-state index is 11.7. The van der Waals surface area contributed by atoms with Gasteiger partial charge in [0.2, 0.25) is 0 Å². The fourth-order valence-corrected chi connectivity index (χ4v) is 2.04. The molecular weight excluding hydrogens is 222 g/mol. The van der Waals surface area contributed by atoms with Gasteiger partial charge < -0.3 is 20.2 Å². The first-order valence-electron chi connectivity index (χ1n) is 5.63. The number of rotatable bonds is 3. The van der Waals surface area contributed by atoms with Crippen LogP contribution in [0.4, 0.5) is 0 Å². The van der Waals surface area contributed by atoms with E-state index >= 15 is 0 Å². The second-order valence-corrected chi connectivity index (χ2v) is 4.10. The van der Waals surface area contributed by atoms with E-state index in [-0.39, 0.29) is 12.1 Å². The number of nitrogens with two attached hydrogens (primary N) is 1. The molecule has 0 saturated carbocycles. The molecule has 6 heteroatoms. The molecule has 0 aliphatic carbocycles. The van der Waals surface area contributed by atoms with Crippen LogP contribution in [0, 0.1) is 0 Å². The molecule has 0 unspecified atom stereocenters. The van der Waals surface area contributed by atoms with Gasteiger partial charge in [0.1, 0.15) is 11.4 Å². The molecular formula is C11H17N3O3. The van der Waals surface area contributed by atoms with E-state index < -0.39 is 5.60 Å². The molecule has 0 bridgehead atoms. The Morgan fingerprint density at radius 3 is 2.82 bits per heavy atom. The van der Waals surface area contributed by atoms with E-state index in [0.717, 1.165) is 0 Å². The predicted octanol–water partition coefficient (Wildman–Crippen LogP) is -0.119. The molecule has 1 aromatic rings. The Labute approximate surface area is 99.1 Å². The summed E-state index contributed by atoms with van der Waals surface area (Å²) in [4.78, 5) is 18.7. The molecule has 0 amide bonds. The molecule has 17 heavy (non-hydrogen) atoms. The predicted molar refractivity (Wildman–Crippen MR) is 61.5 cm³/mol. The molecule has 1 aromatic heterocycles. The average molecular weight is 239 g/mol. The number of H-pyrrole nitrogens is 1. The van der Waals surface area contributed by atoms with E-state index in [4.69, 9.17) is 15.2 Å². The first kappa shape index (κ1) is 12.2. The monoisotopic (exact) mass is 239 g/mol. The molecule has 1 fully saturated rings. The van der Waals surface area contributed by atoms with Crippen molar-refractivity contribution in [3.8, 4) is 0 Å². The van der Waals surface area contributed by atoms with Crippen molar-refractivity contribution < 1.29 is 9.47 Å². The van der Waals surface area contributed by atoms with Crippen LogP contribution in [-0.2, 0) is 21.6 Å². The fraction of sp³-hybridized carbons (Fsp3) is 0.636. The molecule has 1 aliphatic heterocycles. The van der Waals surface area contributed by atoms with Crippen LogP contribution in [0.25, 0.3) is 0 Å². The van der Waals surface area contributed by atoms with E-state index in [9.17, 15) is 4.79 Å². The van der Waals surface area contributed by atoms with Gasteiger partial charge in [0.15, 0.2) is 0 Å². The highest BCUT2D eigenvalue weighted by atomic mass is 16.5. The molecule has 2 heterocycles. The van der Waals surface area contributed by atoms with Gasteiger partial charge in [0, 0.05) is 51.5 Å². The van der Waals surface area contributed by atoms with Crippen molar-refractivity contribution in [3.05, 3.63) is 27.9 Å². The lowest BCUT2D eigenvalue weighted by Crippen LogP contribution is -2.39. The minimum Gasteiger partial charge on any atom is -0.381 e. The summed E-state index contributed by atoms with van der Waals surface area (Å²) in [6.07, 6.45) is 2.90. The van der Waals surface area contributed by atoms with Crippen LogP contribution in [0.2, 0.25) is 0 Å². The lowest BCUT2D eigenvalue weighted by Gasteiger charge is -2.34. The van der Waals surface area contributed by atoms with Crippen molar-refractivity contribution >= 4 is 0 Å². The number of nitrogens with zero attached hydrogens (tertiary/aromatic N) is 1. The quantitative estimate of drug-likeness (QED) is 0.767. The van der Waals surface area contributed by atoms with Crippen molar-refractivity contribution in [2.45, 2.75) is 25.0 Å². The summed E-state index contributed by atoms with van der Waals surface area (Å²) in [5.41, 5.74) is 5.18. The van der Waals surface area contributed by atoms with Crippen molar-refractivity contribution in [3.63, 3.8) is 0 Å². The van der Waals surface area contributed by atoms with Gasteiger partial charge in [-0.3, -0.25) is 4.79 Å². The Hall–Kier alpha value is -1.24. The molecule has 1 aliphatic rings. The van der Waals surface area contributed by atoms with Crippen molar-refractivity contribution in [2.24, 2.45) is 5.73 Å². The van der Waals surface area contributed by atoms with Crippen molar-refractivity contribution in [1.82, 2.24) is 9.97 Å². The highest BCUT2D eigenvalue weighted by Crippen LogP contribution is 2.32. The topological polar surface area (TPSA) is 90.2 Å². The lowest BCUT2D eigenvalue weighted by molar-refractivity contribution is -0.100. The average Bonchev–Trinajstić information content (AvgIpc) is 2.39. The highest BCUT2D eigenvalue weighted by molar-refractivity contribution is 5.10.